The van der Waals surface area contributed by atoms with Gasteiger partial charge in [0.1, 0.15) is 11.5 Å². The maximum Gasteiger partial charge on any atom is 0.170 e. The number of Topliss-reactive ketones (excluding diaryl/α,β-unsaturated/α-hetero) is 1. The van der Waals surface area contributed by atoms with Crippen molar-refractivity contribution in [3.05, 3.63) is 28.4 Å². The van der Waals surface area contributed by atoms with E-state index in [1.165, 1.54) is 13.0 Å². The average Bonchev–Trinajstić information content (AvgIpc) is 2.13. The Labute approximate surface area is 79.3 Å². The largest absolute Gasteiger partial charge is 0.505 e. The van der Waals surface area contributed by atoms with Crippen molar-refractivity contribution in [1.29, 1.82) is 0 Å². The van der Waals surface area contributed by atoms with Crippen molar-refractivity contribution in [3.63, 3.8) is 0 Å². The van der Waals surface area contributed by atoms with Gasteiger partial charge in [0, 0.05) is 12.0 Å². The molecule has 14 heavy (non-hydrogen) atoms. The van der Waals surface area contributed by atoms with Crippen LogP contribution < -0.4 is 0 Å². The molecule has 74 valence electrons. The van der Waals surface area contributed by atoms with Crippen LogP contribution in [0.3, 0.4) is 0 Å². The number of aromatic hydroxyl groups is 1. The van der Waals surface area contributed by atoms with Crippen LogP contribution in [0.25, 0.3) is 0 Å². The van der Waals surface area contributed by atoms with Crippen LogP contribution in [-0.4, -0.2) is 10.9 Å². The van der Waals surface area contributed by atoms with Crippen LogP contribution in [-0.2, 0) is 11.2 Å². The average molecular weight is 197 g/mol. The third kappa shape index (κ3) is 1.93. The summed E-state index contributed by atoms with van der Waals surface area (Å²) in [6.07, 6.45) is -0.249. The normalized spacial score (nSPS) is 9.86. The van der Waals surface area contributed by atoms with Crippen molar-refractivity contribution in [2.45, 2.75) is 13.3 Å². The van der Waals surface area contributed by atoms with E-state index in [1.807, 2.05) is 0 Å². The van der Waals surface area contributed by atoms with Crippen molar-refractivity contribution in [1.82, 2.24) is 0 Å². The molecule has 1 rings (SSSR count). The summed E-state index contributed by atoms with van der Waals surface area (Å²) in [5.74, 6) is -1.86. The quantitative estimate of drug-likeness (QED) is 0.754. The molecular formula is C9H8FNO3. The molecule has 0 atom stereocenters. The van der Waals surface area contributed by atoms with E-state index in [1.54, 1.807) is 0 Å². The Bertz CT molecular complexity index is 390. The highest BCUT2D eigenvalue weighted by Gasteiger charge is 2.14. The molecule has 1 aromatic carbocycles. The molecule has 0 aliphatic carbocycles. The number of rotatable bonds is 3. The van der Waals surface area contributed by atoms with Gasteiger partial charge >= 0.3 is 0 Å². The summed E-state index contributed by atoms with van der Waals surface area (Å²) in [6, 6.07) is 2.19. The van der Waals surface area contributed by atoms with E-state index in [4.69, 9.17) is 5.11 Å². The predicted molar refractivity (Wildman–Crippen MR) is 47.9 cm³/mol. The minimum absolute atomic E-state index is 0.157. The number of nitroso groups, excluding NO2 is 1. The van der Waals surface area contributed by atoms with Crippen LogP contribution in [0.4, 0.5) is 10.1 Å². The van der Waals surface area contributed by atoms with Gasteiger partial charge in [-0.05, 0) is 24.2 Å². The molecule has 0 aliphatic rings. The first-order valence-electron chi connectivity index (χ1n) is 3.89. The zero-order chi connectivity index (χ0) is 10.7. The number of nitrogens with zero attached hydrogens (tertiary/aromatic N) is 1. The molecule has 0 saturated heterocycles. The number of ketones is 1. The zero-order valence-electron chi connectivity index (χ0n) is 7.45. The fourth-order valence-electron chi connectivity index (χ4n) is 1.10. The lowest BCUT2D eigenvalue weighted by Crippen LogP contribution is -2.00. The fraction of sp³-hybridized carbons (Fsp3) is 0.222. The first kappa shape index (κ1) is 10.3. The summed E-state index contributed by atoms with van der Waals surface area (Å²) in [5.41, 5.74) is -0.317. The topological polar surface area (TPSA) is 66.7 Å². The Hall–Kier alpha value is -1.78. The first-order chi connectivity index (χ1) is 6.56. The number of phenols is 1. The van der Waals surface area contributed by atoms with E-state index in [9.17, 15) is 14.1 Å². The monoisotopic (exact) mass is 197 g/mol. The van der Waals surface area contributed by atoms with E-state index in [-0.39, 0.29) is 23.5 Å². The van der Waals surface area contributed by atoms with Crippen LogP contribution in [0.1, 0.15) is 12.5 Å². The Morgan fingerprint density at radius 3 is 2.71 bits per heavy atom. The van der Waals surface area contributed by atoms with E-state index >= 15 is 0 Å². The number of hydrogen-bond acceptors (Lipinski definition) is 4. The van der Waals surface area contributed by atoms with Crippen molar-refractivity contribution >= 4 is 11.5 Å². The molecule has 1 N–H and O–H groups in total. The highest BCUT2D eigenvalue weighted by atomic mass is 19.1. The van der Waals surface area contributed by atoms with Crippen LogP contribution in [0.5, 0.6) is 5.75 Å². The lowest BCUT2D eigenvalue weighted by atomic mass is 10.1. The summed E-state index contributed by atoms with van der Waals surface area (Å²) in [6.45, 7) is 1.26. The molecule has 0 amide bonds. The van der Waals surface area contributed by atoms with Crippen LogP contribution in [0, 0.1) is 10.7 Å². The third-order valence-corrected chi connectivity index (χ3v) is 1.72. The van der Waals surface area contributed by atoms with Gasteiger partial charge in [0.2, 0.25) is 0 Å². The van der Waals surface area contributed by atoms with Crippen LogP contribution in [0.15, 0.2) is 17.3 Å². The molecule has 0 heterocycles. The molecule has 4 nitrogen and oxygen atoms in total. The number of halogens is 1. The number of phenolic OH excluding ortho intramolecular Hbond substituents is 1. The van der Waals surface area contributed by atoms with E-state index in [0.717, 1.165) is 6.07 Å². The summed E-state index contributed by atoms with van der Waals surface area (Å²) in [4.78, 5) is 21.0. The minimum Gasteiger partial charge on any atom is -0.505 e. The van der Waals surface area contributed by atoms with Crippen molar-refractivity contribution in [2.24, 2.45) is 5.18 Å². The summed E-state index contributed by atoms with van der Waals surface area (Å²) >= 11 is 0. The molecule has 0 unspecified atom stereocenters. The van der Waals surface area contributed by atoms with Crippen molar-refractivity contribution in [2.75, 3.05) is 0 Å². The second-order valence-corrected chi connectivity index (χ2v) is 2.87. The molecule has 0 fully saturated rings. The van der Waals surface area contributed by atoms with Crippen LogP contribution in [0.2, 0.25) is 0 Å². The minimum atomic E-state index is -0.961. The van der Waals surface area contributed by atoms with Gasteiger partial charge in [0.25, 0.3) is 0 Å². The summed E-state index contributed by atoms with van der Waals surface area (Å²) < 4.78 is 13.2. The van der Waals surface area contributed by atoms with E-state index in [2.05, 4.69) is 5.18 Å². The van der Waals surface area contributed by atoms with Crippen molar-refractivity contribution < 1.29 is 14.3 Å². The second kappa shape index (κ2) is 3.95. The Morgan fingerprint density at radius 2 is 2.21 bits per heavy atom. The van der Waals surface area contributed by atoms with E-state index < -0.39 is 11.6 Å². The second-order valence-electron chi connectivity index (χ2n) is 2.87. The smallest absolute Gasteiger partial charge is 0.170 e. The SMILES string of the molecule is CC(=O)Cc1c(N=O)ccc(O)c1F. The molecule has 1 aromatic rings. The molecule has 0 aliphatic heterocycles. The van der Waals surface area contributed by atoms with Crippen molar-refractivity contribution in [3.8, 4) is 5.75 Å². The van der Waals surface area contributed by atoms with Crippen LogP contribution >= 0.6 is 0 Å². The lowest BCUT2D eigenvalue weighted by molar-refractivity contribution is -0.116. The molecule has 0 radical (unpaired) electrons. The Balaban J connectivity index is 3.27. The van der Waals surface area contributed by atoms with Gasteiger partial charge in [-0.3, -0.25) is 4.79 Å². The first-order valence-corrected chi connectivity index (χ1v) is 3.89. The molecule has 0 bridgehead atoms. The van der Waals surface area contributed by atoms with Gasteiger partial charge in [-0.15, -0.1) is 4.91 Å². The third-order valence-electron chi connectivity index (χ3n) is 1.72. The molecule has 0 spiro atoms. The van der Waals surface area contributed by atoms with Gasteiger partial charge in [-0.25, -0.2) is 4.39 Å². The number of benzene rings is 1. The van der Waals surface area contributed by atoms with Gasteiger partial charge in [-0.2, -0.15) is 0 Å². The summed E-state index contributed by atoms with van der Waals surface area (Å²) in [7, 11) is 0. The summed E-state index contributed by atoms with van der Waals surface area (Å²) in [5, 5.41) is 11.6. The highest BCUT2D eigenvalue weighted by molar-refractivity contribution is 5.80. The maximum atomic E-state index is 13.2. The molecular weight excluding hydrogens is 189 g/mol. The molecule has 0 saturated carbocycles. The van der Waals surface area contributed by atoms with E-state index in [0.29, 0.717) is 0 Å². The lowest BCUT2D eigenvalue weighted by Gasteiger charge is -2.04. The Morgan fingerprint density at radius 1 is 1.57 bits per heavy atom. The molecule has 5 heteroatoms. The van der Waals surface area contributed by atoms with Gasteiger partial charge in [0.05, 0.1) is 0 Å². The number of carbonyl (C=O) groups excluding carboxylic acids is 1. The van der Waals surface area contributed by atoms with Gasteiger partial charge in [-0.1, -0.05) is 0 Å². The zero-order valence-corrected chi connectivity index (χ0v) is 7.45. The standard InChI is InChI=1S/C9H8FNO3/c1-5(12)4-6-7(11-14)2-3-8(13)9(6)10/h2-3,13H,4H2,1H3. The predicted octanol–water partition coefficient (Wildman–Crippen LogP) is 2.06. The highest BCUT2D eigenvalue weighted by Crippen LogP contribution is 2.28. The van der Waals surface area contributed by atoms with Gasteiger partial charge in [0.15, 0.2) is 11.6 Å². The van der Waals surface area contributed by atoms with Gasteiger partial charge < -0.3 is 5.11 Å². The number of carbonyl (C=O) groups is 1. The molecule has 0 aromatic heterocycles. The number of hydrogen-bond donors (Lipinski definition) is 1. The maximum absolute atomic E-state index is 13.2. The fourth-order valence-corrected chi connectivity index (χ4v) is 1.10. The Kier molecular flexibility index (Phi) is 2.91.